The van der Waals surface area contributed by atoms with E-state index < -0.39 is 0 Å². The smallest absolute Gasteiger partial charge is 0.251 e. The van der Waals surface area contributed by atoms with Crippen LogP contribution < -0.4 is 15.4 Å². The van der Waals surface area contributed by atoms with Gasteiger partial charge in [-0.05, 0) is 61.7 Å². The molecule has 3 rings (SSSR count). The standard InChI is InChI=1S/C23H28FN3O3/c1-17-3-2-4-21(15-17)30-14-11-25-22(28)16-27-12-9-20(10-13-27)26-23(29)18-5-7-19(24)8-6-18/h2-8,15,20H,9-14,16H2,1H3,(H,25,28)(H,26,29). The van der Waals surface area contributed by atoms with Gasteiger partial charge in [-0.15, -0.1) is 0 Å². The zero-order valence-electron chi connectivity index (χ0n) is 17.2. The number of amides is 2. The number of piperidine rings is 1. The molecule has 1 saturated heterocycles. The molecule has 2 amide bonds. The molecule has 30 heavy (non-hydrogen) atoms. The fraction of sp³-hybridized carbons (Fsp3) is 0.391. The molecular weight excluding hydrogens is 385 g/mol. The van der Waals surface area contributed by atoms with Crippen molar-refractivity contribution < 1.29 is 18.7 Å². The van der Waals surface area contributed by atoms with Gasteiger partial charge >= 0.3 is 0 Å². The number of nitrogens with one attached hydrogen (secondary N) is 2. The number of nitrogens with zero attached hydrogens (tertiary/aromatic N) is 1. The Morgan fingerprint density at radius 2 is 1.87 bits per heavy atom. The summed E-state index contributed by atoms with van der Waals surface area (Å²) in [4.78, 5) is 26.4. The average Bonchev–Trinajstić information content (AvgIpc) is 2.73. The molecule has 0 saturated carbocycles. The third kappa shape index (κ3) is 6.84. The van der Waals surface area contributed by atoms with Gasteiger partial charge in [-0.2, -0.15) is 0 Å². The number of ether oxygens (including phenoxy) is 1. The van der Waals surface area contributed by atoms with E-state index in [0.717, 1.165) is 37.2 Å². The maximum absolute atomic E-state index is 13.0. The maximum atomic E-state index is 13.0. The van der Waals surface area contributed by atoms with Gasteiger partial charge in [0.05, 0.1) is 13.1 Å². The van der Waals surface area contributed by atoms with Gasteiger partial charge < -0.3 is 15.4 Å². The van der Waals surface area contributed by atoms with Crippen molar-refractivity contribution in [2.24, 2.45) is 0 Å². The Balaban J connectivity index is 1.30. The molecule has 0 unspecified atom stereocenters. The minimum Gasteiger partial charge on any atom is -0.492 e. The van der Waals surface area contributed by atoms with Gasteiger partial charge in [0.15, 0.2) is 0 Å². The van der Waals surface area contributed by atoms with E-state index in [1.807, 2.05) is 31.2 Å². The van der Waals surface area contributed by atoms with E-state index in [9.17, 15) is 14.0 Å². The number of benzene rings is 2. The summed E-state index contributed by atoms with van der Waals surface area (Å²) in [7, 11) is 0. The first kappa shape index (κ1) is 21.8. The van der Waals surface area contributed by atoms with Crippen molar-refractivity contribution in [3.8, 4) is 5.75 Å². The quantitative estimate of drug-likeness (QED) is 0.653. The summed E-state index contributed by atoms with van der Waals surface area (Å²) < 4.78 is 18.6. The summed E-state index contributed by atoms with van der Waals surface area (Å²) in [6, 6.07) is 13.4. The number of rotatable bonds is 8. The Kier molecular flexibility index (Phi) is 7.79. The van der Waals surface area contributed by atoms with Crippen LogP contribution in [0.25, 0.3) is 0 Å². The predicted octanol–water partition coefficient (Wildman–Crippen LogP) is 2.52. The highest BCUT2D eigenvalue weighted by Gasteiger charge is 2.22. The van der Waals surface area contributed by atoms with Crippen LogP contribution in [0.1, 0.15) is 28.8 Å². The number of hydrogen-bond donors (Lipinski definition) is 2. The molecule has 2 N–H and O–H groups in total. The Morgan fingerprint density at radius 3 is 2.57 bits per heavy atom. The van der Waals surface area contributed by atoms with Gasteiger partial charge in [-0.25, -0.2) is 4.39 Å². The Morgan fingerprint density at radius 1 is 1.13 bits per heavy atom. The first-order chi connectivity index (χ1) is 14.5. The highest BCUT2D eigenvalue weighted by atomic mass is 19.1. The van der Waals surface area contributed by atoms with Gasteiger partial charge in [0.1, 0.15) is 18.2 Å². The molecule has 0 aromatic heterocycles. The van der Waals surface area contributed by atoms with E-state index >= 15 is 0 Å². The van der Waals surface area contributed by atoms with Crippen LogP contribution in [0, 0.1) is 12.7 Å². The molecule has 1 fully saturated rings. The first-order valence-electron chi connectivity index (χ1n) is 10.2. The highest BCUT2D eigenvalue weighted by Crippen LogP contribution is 2.13. The topological polar surface area (TPSA) is 70.7 Å². The summed E-state index contributed by atoms with van der Waals surface area (Å²) in [5, 5.41) is 5.86. The lowest BCUT2D eigenvalue weighted by atomic mass is 10.0. The van der Waals surface area contributed by atoms with Gasteiger partial charge in [-0.3, -0.25) is 14.5 Å². The molecule has 0 aliphatic carbocycles. The average molecular weight is 413 g/mol. The zero-order valence-corrected chi connectivity index (χ0v) is 17.2. The van der Waals surface area contributed by atoms with Crippen LogP contribution in [0.15, 0.2) is 48.5 Å². The maximum Gasteiger partial charge on any atom is 0.251 e. The van der Waals surface area contributed by atoms with E-state index in [4.69, 9.17) is 4.74 Å². The number of hydrogen-bond acceptors (Lipinski definition) is 4. The van der Waals surface area contributed by atoms with Crippen LogP contribution >= 0.6 is 0 Å². The fourth-order valence-electron chi connectivity index (χ4n) is 3.43. The molecule has 6 nitrogen and oxygen atoms in total. The molecule has 1 aliphatic rings. The van der Waals surface area contributed by atoms with Crippen LogP contribution in [0.2, 0.25) is 0 Å². The highest BCUT2D eigenvalue weighted by molar-refractivity contribution is 5.94. The summed E-state index contributed by atoms with van der Waals surface area (Å²) >= 11 is 0. The number of aryl methyl sites for hydroxylation is 1. The van der Waals surface area contributed by atoms with E-state index in [1.165, 1.54) is 24.3 Å². The Labute approximate surface area is 176 Å². The van der Waals surface area contributed by atoms with Crippen molar-refractivity contribution in [2.75, 3.05) is 32.8 Å². The van der Waals surface area contributed by atoms with Crippen molar-refractivity contribution in [3.63, 3.8) is 0 Å². The molecular formula is C23H28FN3O3. The summed E-state index contributed by atoms with van der Waals surface area (Å²) in [5.74, 6) is 0.213. The van der Waals surface area contributed by atoms with Crippen molar-refractivity contribution in [2.45, 2.75) is 25.8 Å². The van der Waals surface area contributed by atoms with Gasteiger partial charge in [0.25, 0.3) is 5.91 Å². The minimum atomic E-state index is -0.361. The second kappa shape index (κ2) is 10.7. The molecule has 7 heteroatoms. The molecule has 1 aliphatic heterocycles. The second-order valence-corrected chi connectivity index (χ2v) is 7.55. The van der Waals surface area contributed by atoms with Crippen molar-refractivity contribution in [1.82, 2.24) is 15.5 Å². The predicted molar refractivity (Wildman–Crippen MR) is 113 cm³/mol. The Bertz CT molecular complexity index is 849. The lowest BCUT2D eigenvalue weighted by Crippen LogP contribution is -2.47. The fourth-order valence-corrected chi connectivity index (χ4v) is 3.43. The summed E-state index contributed by atoms with van der Waals surface area (Å²) in [5.41, 5.74) is 1.58. The number of carbonyl (C=O) groups is 2. The van der Waals surface area contributed by atoms with E-state index in [2.05, 4.69) is 15.5 Å². The van der Waals surface area contributed by atoms with Gasteiger partial charge in [-0.1, -0.05) is 12.1 Å². The minimum absolute atomic E-state index is 0.0309. The molecule has 1 heterocycles. The molecule has 0 spiro atoms. The number of halogens is 1. The SMILES string of the molecule is Cc1cccc(OCCNC(=O)CN2CCC(NC(=O)c3ccc(F)cc3)CC2)c1. The molecule has 0 atom stereocenters. The lowest BCUT2D eigenvalue weighted by Gasteiger charge is -2.31. The van der Waals surface area contributed by atoms with E-state index in [0.29, 0.717) is 25.3 Å². The molecule has 0 radical (unpaired) electrons. The van der Waals surface area contributed by atoms with Gasteiger partial charge in [0.2, 0.25) is 5.91 Å². The summed E-state index contributed by atoms with van der Waals surface area (Å²) in [6.45, 7) is 4.70. The van der Waals surface area contributed by atoms with Crippen LogP contribution in [0.5, 0.6) is 5.75 Å². The van der Waals surface area contributed by atoms with E-state index in [1.54, 1.807) is 0 Å². The van der Waals surface area contributed by atoms with Crippen LogP contribution in [0.3, 0.4) is 0 Å². The second-order valence-electron chi connectivity index (χ2n) is 7.55. The lowest BCUT2D eigenvalue weighted by molar-refractivity contribution is -0.122. The molecule has 2 aromatic rings. The van der Waals surface area contributed by atoms with Crippen molar-refractivity contribution >= 4 is 11.8 Å². The largest absolute Gasteiger partial charge is 0.492 e. The van der Waals surface area contributed by atoms with Crippen LogP contribution in [-0.2, 0) is 4.79 Å². The number of carbonyl (C=O) groups excluding carboxylic acids is 2. The third-order valence-corrected chi connectivity index (χ3v) is 5.08. The van der Waals surface area contributed by atoms with Crippen LogP contribution in [0.4, 0.5) is 4.39 Å². The van der Waals surface area contributed by atoms with Gasteiger partial charge in [0, 0.05) is 24.7 Å². The van der Waals surface area contributed by atoms with Crippen molar-refractivity contribution in [3.05, 3.63) is 65.5 Å². The monoisotopic (exact) mass is 413 g/mol. The zero-order chi connectivity index (χ0) is 21.3. The molecule has 160 valence electrons. The third-order valence-electron chi connectivity index (χ3n) is 5.08. The number of likely N-dealkylation sites (tertiary alicyclic amines) is 1. The summed E-state index contributed by atoms with van der Waals surface area (Å²) in [6.07, 6.45) is 1.55. The normalized spacial score (nSPS) is 14.9. The Hall–Kier alpha value is -2.93. The van der Waals surface area contributed by atoms with Crippen molar-refractivity contribution in [1.29, 1.82) is 0 Å². The van der Waals surface area contributed by atoms with Crippen LogP contribution in [-0.4, -0.2) is 55.5 Å². The first-order valence-corrected chi connectivity index (χ1v) is 10.2. The molecule has 2 aromatic carbocycles. The molecule has 0 bridgehead atoms. The van der Waals surface area contributed by atoms with E-state index in [-0.39, 0.29) is 23.7 Å².